The molecule has 20 heavy (non-hydrogen) atoms. The fourth-order valence-corrected chi connectivity index (χ4v) is 2.33. The van der Waals surface area contributed by atoms with Crippen molar-refractivity contribution in [2.24, 2.45) is 0 Å². The number of benzene rings is 1. The summed E-state index contributed by atoms with van der Waals surface area (Å²) in [7, 11) is 0. The maximum Gasteiger partial charge on any atom is 0.354 e. The monoisotopic (exact) mass is 354 g/mol. The minimum atomic E-state index is -1.12. The van der Waals surface area contributed by atoms with E-state index in [1.54, 1.807) is 18.2 Å². The predicted molar refractivity (Wildman–Crippen MR) is 78.3 cm³/mol. The molecule has 2 rings (SSSR count). The lowest BCUT2D eigenvalue weighted by Crippen LogP contribution is -2.13. The largest absolute Gasteiger partial charge is 0.477 e. The molecule has 0 atom stereocenters. The molecule has 0 saturated heterocycles. The maximum atomic E-state index is 12.0. The molecule has 0 radical (unpaired) electrons. The molecule has 0 fully saturated rings. The van der Waals surface area contributed by atoms with E-state index in [9.17, 15) is 9.59 Å². The first kappa shape index (κ1) is 14.5. The number of carboxylic acid groups (broad SMARTS) is 1. The fourth-order valence-electron chi connectivity index (χ4n) is 1.47. The number of nitrogens with one attached hydrogen (secondary N) is 1. The van der Waals surface area contributed by atoms with E-state index in [1.165, 1.54) is 18.3 Å². The van der Waals surface area contributed by atoms with E-state index in [0.717, 1.165) is 0 Å². The summed E-state index contributed by atoms with van der Waals surface area (Å²) in [4.78, 5) is 26.4. The first-order valence-electron chi connectivity index (χ1n) is 5.43. The molecule has 1 aromatic heterocycles. The average Bonchev–Trinajstić information content (AvgIpc) is 2.39. The molecule has 0 bridgehead atoms. The average molecular weight is 356 g/mol. The minimum Gasteiger partial charge on any atom is -0.477 e. The molecule has 0 aliphatic heterocycles. The third-order valence-electron chi connectivity index (χ3n) is 2.42. The van der Waals surface area contributed by atoms with Crippen molar-refractivity contribution < 1.29 is 14.7 Å². The molecule has 0 aliphatic rings. The Kier molecular flexibility index (Phi) is 4.36. The van der Waals surface area contributed by atoms with Crippen molar-refractivity contribution in [2.45, 2.75) is 0 Å². The highest BCUT2D eigenvalue weighted by Crippen LogP contribution is 2.22. The number of amides is 1. The number of carbonyl (C=O) groups is 2. The quantitative estimate of drug-likeness (QED) is 0.884. The second-order valence-electron chi connectivity index (χ2n) is 3.82. The van der Waals surface area contributed by atoms with E-state index in [4.69, 9.17) is 16.7 Å². The van der Waals surface area contributed by atoms with Crippen molar-refractivity contribution in [3.05, 3.63) is 57.3 Å². The van der Waals surface area contributed by atoms with E-state index in [-0.39, 0.29) is 11.6 Å². The Morgan fingerprint density at radius 2 is 2.00 bits per heavy atom. The van der Waals surface area contributed by atoms with Crippen LogP contribution in [0.1, 0.15) is 20.8 Å². The van der Waals surface area contributed by atoms with Gasteiger partial charge in [-0.2, -0.15) is 0 Å². The zero-order valence-corrected chi connectivity index (χ0v) is 12.3. The molecular weight excluding hydrogens is 348 g/mol. The van der Waals surface area contributed by atoms with Crippen molar-refractivity contribution in [1.29, 1.82) is 0 Å². The number of hydrogen-bond donors (Lipinski definition) is 2. The molecule has 5 nitrogen and oxygen atoms in total. The molecule has 0 saturated carbocycles. The second kappa shape index (κ2) is 6.02. The number of rotatable bonds is 3. The van der Waals surface area contributed by atoms with Gasteiger partial charge in [-0.15, -0.1) is 0 Å². The van der Waals surface area contributed by atoms with E-state index in [1.807, 2.05) is 0 Å². The molecule has 7 heteroatoms. The van der Waals surface area contributed by atoms with Gasteiger partial charge in [0.2, 0.25) is 0 Å². The number of halogens is 2. The van der Waals surface area contributed by atoms with Gasteiger partial charge in [-0.05, 0) is 46.3 Å². The number of pyridine rings is 1. The summed E-state index contributed by atoms with van der Waals surface area (Å²) in [5.74, 6) is -1.47. The van der Waals surface area contributed by atoms with Crippen LogP contribution in [0.4, 0.5) is 5.69 Å². The molecule has 102 valence electrons. The first-order chi connectivity index (χ1) is 9.47. The standard InChI is InChI=1S/C13H8BrClN2O3/c14-10-5-7(15)1-3-9(10)12(18)17-8-2-4-11(13(19)20)16-6-8/h1-6H,(H,17,18)(H,19,20). The van der Waals surface area contributed by atoms with E-state index >= 15 is 0 Å². The third-order valence-corrected chi connectivity index (χ3v) is 3.31. The Morgan fingerprint density at radius 1 is 1.25 bits per heavy atom. The van der Waals surface area contributed by atoms with Gasteiger partial charge in [0.25, 0.3) is 5.91 Å². The highest BCUT2D eigenvalue weighted by molar-refractivity contribution is 9.10. The lowest BCUT2D eigenvalue weighted by atomic mass is 10.2. The normalized spacial score (nSPS) is 10.1. The summed E-state index contributed by atoms with van der Waals surface area (Å²) in [6.07, 6.45) is 1.28. The predicted octanol–water partition coefficient (Wildman–Crippen LogP) is 3.45. The van der Waals surface area contributed by atoms with Crippen molar-refractivity contribution >= 4 is 45.1 Å². The van der Waals surface area contributed by atoms with Crippen molar-refractivity contribution in [1.82, 2.24) is 4.98 Å². The summed E-state index contributed by atoms with van der Waals surface area (Å²) in [6, 6.07) is 7.59. The minimum absolute atomic E-state index is 0.0873. The topological polar surface area (TPSA) is 79.3 Å². The summed E-state index contributed by atoms with van der Waals surface area (Å²) < 4.78 is 0.567. The van der Waals surface area contributed by atoms with Crippen LogP contribution in [0.25, 0.3) is 0 Å². The SMILES string of the molecule is O=C(O)c1ccc(NC(=O)c2ccc(Cl)cc2Br)cn1. The van der Waals surface area contributed by atoms with Gasteiger partial charge in [-0.1, -0.05) is 11.6 Å². The summed E-state index contributed by atoms with van der Waals surface area (Å²) >= 11 is 9.05. The van der Waals surface area contributed by atoms with Crippen LogP contribution in [0.2, 0.25) is 5.02 Å². The Morgan fingerprint density at radius 3 is 2.55 bits per heavy atom. The Bertz CT molecular complexity index is 674. The van der Waals surface area contributed by atoms with Crippen LogP contribution in [-0.4, -0.2) is 22.0 Å². The summed E-state index contributed by atoms with van der Waals surface area (Å²) in [6.45, 7) is 0. The van der Waals surface area contributed by atoms with Crippen LogP contribution in [0.15, 0.2) is 41.0 Å². The van der Waals surface area contributed by atoms with Gasteiger partial charge in [0.15, 0.2) is 0 Å². The zero-order valence-electron chi connectivity index (χ0n) is 9.93. The third kappa shape index (κ3) is 3.34. The number of aromatic carboxylic acids is 1. The first-order valence-corrected chi connectivity index (χ1v) is 6.60. The molecule has 1 amide bonds. The van der Waals surface area contributed by atoms with Crippen LogP contribution in [0.5, 0.6) is 0 Å². The van der Waals surface area contributed by atoms with E-state index in [0.29, 0.717) is 20.7 Å². The van der Waals surface area contributed by atoms with E-state index < -0.39 is 5.97 Å². The highest BCUT2D eigenvalue weighted by Gasteiger charge is 2.11. The van der Waals surface area contributed by atoms with Crippen LogP contribution in [-0.2, 0) is 0 Å². The molecule has 2 aromatic rings. The maximum absolute atomic E-state index is 12.0. The zero-order chi connectivity index (χ0) is 14.7. The Hall–Kier alpha value is -1.92. The molecule has 0 aliphatic carbocycles. The lowest BCUT2D eigenvalue weighted by Gasteiger charge is -2.07. The van der Waals surface area contributed by atoms with Crippen molar-refractivity contribution in [3.63, 3.8) is 0 Å². The fraction of sp³-hybridized carbons (Fsp3) is 0. The number of carboxylic acids is 1. The van der Waals surface area contributed by atoms with Crippen LogP contribution < -0.4 is 5.32 Å². The summed E-state index contributed by atoms with van der Waals surface area (Å²) in [5, 5.41) is 11.9. The highest BCUT2D eigenvalue weighted by atomic mass is 79.9. The Balaban J connectivity index is 2.17. The van der Waals surface area contributed by atoms with Gasteiger partial charge < -0.3 is 10.4 Å². The van der Waals surface area contributed by atoms with Gasteiger partial charge in [0.1, 0.15) is 5.69 Å². The number of anilines is 1. The van der Waals surface area contributed by atoms with Crippen LogP contribution in [0, 0.1) is 0 Å². The smallest absolute Gasteiger partial charge is 0.354 e. The van der Waals surface area contributed by atoms with E-state index in [2.05, 4.69) is 26.2 Å². The molecular formula is C13H8BrClN2O3. The molecule has 1 aromatic carbocycles. The Labute approximate surface area is 127 Å². The number of aromatic nitrogens is 1. The van der Waals surface area contributed by atoms with Gasteiger partial charge in [-0.3, -0.25) is 4.79 Å². The molecule has 0 unspecified atom stereocenters. The van der Waals surface area contributed by atoms with Gasteiger partial charge in [0, 0.05) is 9.50 Å². The van der Waals surface area contributed by atoms with Gasteiger partial charge >= 0.3 is 5.97 Å². The number of carbonyl (C=O) groups excluding carboxylic acids is 1. The number of hydrogen-bond acceptors (Lipinski definition) is 3. The van der Waals surface area contributed by atoms with Crippen LogP contribution in [0.3, 0.4) is 0 Å². The molecule has 2 N–H and O–H groups in total. The van der Waals surface area contributed by atoms with Gasteiger partial charge in [-0.25, -0.2) is 9.78 Å². The summed E-state index contributed by atoms with van der Waals surface area (Å²) in [5.41, 5.74) is 0.731. The van der Waals surface area contributed by atoms with Crippen molar-refractivity contribution in [3.8, 4) is 0 Å². The molecule has 0 spiro atoms. The van der Waals surface area contributed by atoms with Crippen molar-refractivity contribution in [2.75, 3.05) is 5.32 Å². The molecule has 1 heterocycles. The van der Waals surface area contributed by atoms with Gasteiger partial charge in [0.05, 0.1) is 17.4 Å². The lowest BCUT2D eigenvalue weighted by molar-refractivity contribution is 0.0690. The van der Waals surface area contributed by atoms with Crippen LogP contribution >= 0.6 is 27.5 Å². The number of nitrogens with zero attached hydrogens (tertiary/aromatic N) is 1. The second-order valence-corrected chi connectivity index (χ2v) is 5.11.